The average molecular weight is 388 g/mol. The second-order valence-electron chi connectivity index (χ2n) is 7.67. The molecule has 2 fully saturated rings. The SMILES string of the molecule is CC1CCN(c2nnc(S[C@H](C)c3cccc([N+](=O)[O-])c3)n2C2CC2)CC1. The van der Waals surface area contributed by atoms with Gasteiger partial charge in [0, 0.05) is 36.5 Å². The van der Waals surface area contributed by atoms with Crippen molar-refractivity contribution in [3.8, 4) is 0 Å². The van der Waals surface area contributed by atoms with Crippen molar-refractivity contribution < 1.29 is 4.92 Å². The Balaban J connectivity index is 1.55. The Morgan fingerprint density at radius 2 is 1.96 bits per heavy atom. The van der Waals surface area contributed by atoms with Gasteiger partial charge in [-0.15, -0.1) is 10.2 Å². The molecule has 0 unspecified atom stereocenters. The summed E-state index contributed by atoms with van der Waals surface area (Å²) in [5, 5.41) is 21.1. The van der Waals surface area contributed by atoms with Crippen LogP contribution in [-0.4, -0.2) is 32.8 Å². The maximum atomic E-state index is 11.1. The fraction of sp³-hybridized carbons (Fsp3) is 0.579. The molecular formula is C19H25N5O2S. The molecule has 0 N–H and O–H groups in total. The number of anilines is 1. The standard InChI is InChI=1S/C19H25N5O2S/c1-13-8-10-22(11-9-13)18-20-21-19(23(18)16-6-7-16)27-14(2)15-4-3-5-17(12-15)24(25)26/h3-5,12-14,16H,6-11H2,1-2H3/t14-/m1/s1. The summed E-state index contributed by atoms with van der Waals surface area (Å²) in [6, 6.07) is 7.37. The van der Waals surface area contributed by atoms with Gasteiger partial charge in [0.25, 0.3) is 5.69 Å². The van der Waals surface area contributed by atoms with Crippen molar-refractivity contribution >= 4 is 23.4 Å². The Labute approximate surface area is 163 Å². The molecule has 1 aromatic carbocycles. The lowest BCUT2D eigenvalue weighted by molar-refractivity contribution is -0.384. The number of rotatable bonds is 6. The number of piperidine rings is 1. The number of hydrogen-bond donors (Lipinski definition) is 0. The Morgan fingerprint density at radius 1 is 1.22 bits per heavy atom. The van der Waals surface area contributed by atoms with Crippen molar-refractivity contribution in [3.63, 3.8) is 0 Å². The molecule has 2 heterocycles. The number of thioether (sulfide) groups is 1. The smallest absolute Gasteiger partial charge is 0.269 e. The second kappa shape index (κ2) is 7.50. The van der Waals surface area contributed by atoms with Crippen LogP contribution in [0.5, 0.6) is 0 Å². The lowest BCUT2D eigenvalue weighted by Gasteiger charge is -2.31. The molecule has 1 aliphatic heterocycles. The van der Waals surface area contributed by atoms with E-state index in [4.69, 9.17) is 0 Å². The quantitative estimate of drug-likeness (QED) is 0.409. The molecule has 0 spiro atoms. The Hall–Kier alpha value is -2.09. The lowest BCUT2D eigenvalue weighted by Crippen LogP contribution is -2.34. The van der Waals surface area contributed by atoms with Crippen molar-refractivity contribution in [2.24, 2.45) is 5.92 Å². The minimum atomic E-state index is -0.344. The van der Waals surface area contributed by atoms with Crippen LogP contribution >= 0.6 is 11.8 Å². The Morgan fingerprint density at radius 3 is 2.63 bits per heavy atom. The van der Waals surface area contributed by atoms with Crippen molar-refractivity contribution in [1.29, 1.82) is 0 Å². The summed E-state index contributed by atoms with van der Waals surface area (Å²) in [5.41, 5.74) is 1.07. The summed E-state index contributed by atoms with van der Waals surface area (Å²) in [6.45, 7) is 6.46. The van der Waals surface area contributed by atoms with Gasteiger partial charge in [-0.2, -0.15) is 0 Å². The van der Waals surface area contributed by atoms with Gasteiger partial charge in [-0.25, -0.2) is 0 Å². The van der Waals surface area contributed by atoms with Crippen LogP contribution < -0.4 is 4.90 Å². The second-order valence-corrected chi connectivity index (χ2v) is 8.97. The summed E-state index contributed by atoms with van der Waals surface area (Å²) >= 11 is 1.64. The summed E-state index contributed by atoms with van der Waals surface area (Å²) in [7, 11) is 0. The van der Waals surface area contributed by atoms with Gasteiger partial charge in [0.15, 0.2) is 5.16 Å². The molecule has 4 rings (SSSR count). The zero-order chi connectivity index (χ0) is 19.0. The van der Waals surface area contributed by atoms with Crippen LogP contribution in [0.15, 0.2) is 29.4 Å². The van der Waals surface area contributed by atoms with Gasteiger partial charge in [0.1, 0.15) is 0 Å². The first kappa shape index (κ1) is 18.3. The first-order valence-electron chi connectivity index (χ1n) is 9.64. The van der Waals surface area contributed by atoms with Crippen molar-refractivity contribution in [3.05, 3.63) is 39.9 Å². The monoisotopic (exact) mass is 387 g/mol. The van der Waals surface area contributed by atoms with Gasteiger partial charge in [0.2, 0.25) is 5.95 Å². The number of aromatic nitrogens is 3. The van der Waals surface area contributed by atoms with Crippen LogP contribution in [0.3, 0.4) is 0 Å². The van der Waals surface area contributed by atoms with Crippen molar-refractivity contribution in [1.82, 2.24) is 14.8 Å². The highest BCUT2D eigenvalue weighted by atomic mass is 32.2. The van der Waals surface area contributed by atoms with E-state index >= 15 is 0 Å². The Kier molecular flexibility index (Phi) is 5.08. The van der Waals surface area contributed by atoms with Gasteiger partial charge in [0.05, 0.1) is 4.92 Å². The van der Waals surface area contributed by atoms with Gasteiger partial charge < -0.3 is 4.90 Å². The van der Waals surface area contributed by atoms with Crippen LogP contribution in [0.2, 0.25) is 0 Å². The van der Waals surface area contributed by atoms with Crippen LogP contribution in [0.25, 0.3) is 0 Å². The van der Waals surface area contributed by atoms with E-state index in [-0.39, 0.29) is 15.9 Å². The zero-order valence-corrected chi connectivity index (χ0v) is 16.6. The molecule has 1 aromatic heterocycles. The van der Waals surface area contributed by atoms with Gasteiger partial charge in [-0.05, 0) is 44.1 Å². The summed E-state index contributed by atoms with van der Waals surface area (Å²) in [6.07, 6.45) is 4.75. The first-order valence-corrected chi connectivity index (χ1v) is 10.5. The largest absolute Gasteiger partial charge is 0.341 e. The van der Waals surface area contributed by atoms with E-state index in [1.165, 1.54) is 31.7 Å². The fourth-order valence-corrected chi connectivity index (χ4v) is 4.57. The minimum Gasteiger partial charge on any atom is -0.341 e. The first-order chi connectivity index (χ1) is 13.0. The van der Waals surface area contributed by atoms with E-state index in [1.807, 2.05) is 6.07 Å². The maximum absolute atomic E-state index is 11.1. The van der Waals surface area contributed by atoms with E-state index in [9.17, 15) is 10.1 Å². The zero-order valence-electron chi connectivity index (χ0n) is 15.7. The van der Waals surface area contributed by atoms with Crippen LogP contribution in [0, 0.1) is 16.0 Å². The topological polar surface area (TPSA) is 77.1 Å². The van der Waals surface area contributed by atoms with E-state index in [0.29, 0.717) is 6.04 Å². The molecule has 1 saturated heterocycles. The van der Waals surface area contributed by atoms with Gasteiger partial charge in [-0.1, -0.05) is 30.8 Å². The minimum absolute atomic E-state index is 0.0702. The number of nitro benzene ring substituents is 1. The molecule has 8 heteroatoms. The highest BCUT2D eigenvalue weighted by Gasteiger charge is 2.33. The summed E-state index contributed by atoms with van der Waals surface area (Å²) in [4.78, 5) is 13.1. The Bertz CT molecular complexity index is 827. The predicted octanol–water partition coefficient (Wildman–Crippen LogP) is 4.61. The molecule has 0 amide bonds. The third-order valence-electron chi connectivity index (χ3n) is 5.46. The normalized spacial score (nSPS) is 19.3. The molecule has 0 bridgehead atoms. The summed E-state index contributed by atoms with van der Waals surface area (Å²) < 4.78 is 2.30. The molecule has 1 saturated carbocycles. The van der Waals surface area contributed by atoms with Crippen LogP contribution in [0.4, 0.5) is 11.6 Å². The van der Waals surface area contributed by atoms with Crippen LogP contribution in [0.1, 0.15) is 56.4 Å². The van der Waals surface area contributed by atoms with Crippen LogP contribution in [-0.2, 0) is 0 Å². The molecule has 0 radical (unpaired) electrons. The molecule has 2 aromatic rings. The molecule has 2 aliphatic rings. The third kappa shape index (κ3) is 3.95. The number of benzene rings is 1. The van der Waals surface area contributed by atoms with E-state index < -0.39 is 0 Å². The van der Waals surface area contributed by atoms with Crippen molar-refractivity contribution in [2.45, 2.75) is 56.0 Å². The number of hydrogen-bond acceptors (Lipinski definition) is 6. The fourth-order valence-electron chi connectivity index (χ4n) is 3.54. The molecule has 1 aliphatic carbocycles. The number of non-ortho nitro benzene ring substituents is 1. The lowest BCUT2D eigenvalue weighted by atomic mass is 10.00. The van der Waals surface area contributed by atoms with E-state index in [2.05, 4.69) is 33.5 Å². The number of nitrogens with zero attached hydrogens (tertiary/aromatic N) is 5. The molecule has 1 atom stereocenters. The number of nitro groups is 1. The predicted molar refractivity (Wildman–Crippen MR) is 106 cm³/mol. The molecule has 144 valence electrons. The van der Waals surface area contributed by atoms with Gasteiger partial charge >= 0.3 is 0 Å². The third-order valence-corrected chi connectivity index (χ3v) is 6.57. The summed E-state index contributed by atoms with van der Waals surface area (Å²) in [5.74, 6) is 1.78. The van der Waals surface area contributed by atoms with E-state index in [0.717, 1.165) is 35.7 Å². The van der Waals surface area contributed by atoms with Crippen molar-refractivity contribution in [2.75, 3.05) is 18.0 Å². The molecule has 27 heavy (non-hydrogen) atoms. The average Bonchev–Trinajstić information content (AvgIpc) is 3.43. The molecule has 7 nitrogen and oxygen atoms in total. The highest BCUT2D eigenvalue weighted by Crippen LogP contribution is 2.44. The molecular weight excluding hydrogens is 362 g/mol. The van der Waals surface area contributed by atoms with E-state index in [1.54, 1.807) is 23.9 Å². The highest BCUT2D eigenvalue weighted by molar-refractivity contribution is 7.99. The van der Waals surface area contributed by atoms with Gasteiger partial charge in [-0.3, -0.25) is 14.7 Å². The maximum Gasteiger partial charge on any atom is 0.269 e.